The molecular weight excluding hydrogens is 314 g/mol. The molecule has 0 aliphatic carbocycles. The van der Waals surface area contributed by atoms with E-state index < -0.39 is 0 Å². The number of aliphatic hydroxyl groups is 1. The third kappa shape index (κ3) is 3.48. The molecule has 0 heterocycles. The average molecular weight is 327 g/mol. The summed E-state index contributed by atoms with van der Waals surface area (Å²) in [4.78, 5) is 0. The minimum absolute atomic E-state index is 0.0220. The topological polar surface area (TPSA) is 32.3 Å². The number of hydrogen-bond donors (Lipinski definition) is 2. The van der Waals surface area contributed by atoms with Gasteiger partial charge in [0.1, 0.15) is 0 Å². The molecule has 0 spiro atoms. The predicted octanol–water partition coefficient (Wildman–Crippen LogP) is 4.25. The average Bonchev–Trinajstić information content (AvgIpc) is 2.37. The number of hydrogen-bond acceptors (Lipinski definition) is 2. The highest BCUT2D eigenvalue weighted by Gasteiger charge is 2.10. The van der Waals surface area contributed by atoms with E-state index in [9.17, 15) is 5.11 Å². The van der Waals surface area contributed by atoms with Gasteiger partial charge in [0, 0.05) is 15.2 Å². The number of anilines is 1. The van der Waals surface area contributed by atoms with E-state index in [4.69, 9.17) is 11.6 Å². The van der Waals surface area contributed by atoms with Crippen LogP contribution in [0, 0.1) is 0 Å². The molecule has 0 bridgehead atoms. The van der Waals surface area contributed by atoms with Crippen LogP contribution in [0.2, 0.25) is 5.02 Å². The summed E-state index contributed by atoms with van der Waals surface area (Å²) < 4.78 is 1.00. The van der Waals surface area contributed by atoms with Crippen LogP contribution in [0.4, 0.5) is 5.69 Å². The Morgan fingerprint density at radius 1 is 1.17 bits per heavy atom. The Kier molecular flexibility index (Phi) is 4.64. The molecule has 0 aromatic heterocycles. The lowest BCUT2D eigenvalue weighted by Crippen LogP contribution is -2.14. The number of aliphatic hydroxyl groups excluding tert-OH is 1. The minimum atomic E-state index is -0.142. The van der Waals surface area contributed by atoms with Crippen molar-refractivity contribution in [3.8, 4) is 0 Å². The standard InChI is InChI=1S/C14H13BrClNO/c15-11-2-1-3-13(8-11)17-14(9-18)10-4-6-12(16)7-5-10/h1-8,14,17-18H,9H2. The lowest BCUT2D eigenvalue weighted by molar-refractivity contribution is 0.276. The molecule has 2 rings (SSSR count). The summed E-state index contributed by atoms with van der Waals surface area (Å²) in [7, 11) is 0. The van der Waals surface area contributed by atoms with Crippen LogP contribution in [0.3, 0.4) is 0 Å². The van der Waals surface area contributed by atoms with Gasteiger partial charge in [0.25, 0.3) is 0 Å². The molecule has 2 aromatic carbocycles. The number of halogens is 2. The van der Waals surface area contributed by atoms with Crippen molar-refractivity contribution in [1.82, 2.24) is 0 Å². The van der Waals surface area contributed by atoms with Crippen molar-refractivity contribution in [3.63, 3.8) is 0 Å². The maximum Gasteiger partial charge on any atom is 0.0745 e. The summed E-state index contributed by atoms with van der Waals surface area (Å²) in [6.45, 7) is 0.0220. The van der Waals surface area contributed by atoms with Gasteiger partial charge in [0.15, 0.2) is 0 Å². The normalized spacial score (nSPS) is 12.2. The second-order valence-electron chi connectivity index (χ2n) is 3.94. The van der Waals surface area contributed by atoms with E-state index in [1.807, 2.05) is 48.5 Å². The monoisotopic (exact) mass is 325 g/mol. The van der Waals surface area contributed by atoms with Gasteiger partial charge in [-0.3, -0.25) is 0 Å². The lowest BCUT2D eigenvalue weighted by atomic mass is 10.1. The molecule has 2 aromatic rings. The van der Waals surface area contributed by atoms with Crippen molar-refractivity contribution in [1.29, 1.82) is 0 Å². The molecule has 18 heavy (non-hydrogen) atoms. The molecule has 2 nitrogen and oxygen atoms in total. The van der Waals surface area contributed by atoms with Crippen molar-refractivity contribution in [2.75, 3.05) is 11.9 Å². The van der Waals surface area contributed by atoms with E-state index in [1.165, 1.54) is 0 Å². The van der Waals surface area contributed by atoms with Crippen molar-refractivity contribution in [2.24, 2.45) is 0 Å². The van der Waals surface area contributed by atoms with Crippen molar-refractivity contribution >= 4 is 33.2 Å². The van der Waals surface area contributed by atoms with Crippen LogP contribution in [-0.2, 0) is 0 Å². The quantitative estimate of drug-likeness (QED) is 0.880. The van der Waals surface area contributed by atoms with Crippen LogP contribution in [-0.4, -0.2) is 11.7 Å². The Labute approximate surface area is 120 Å². The number of rotatable bonds is 4. The van der Waals surface area contributed by atoms with Gasteiger partial charge in [-0.05, 0) is 35.9 Å². The van der Waals surface area contributed by atoms with Gasteiger partial charge in [-0.2, -0.15) is 0 Å². The summed E-state index contributed by atoms with van der Waals surface area (Å²) in [5, 5.41) is 13.4. The Morgan fingerprint density at radius 3 is 2.50 bits per heavy atom. The zero-order valence-corrected chi connectivity index (χ0v) is 11.9. The molecule has 0 saturated carbocycles. The first-order valence-corrected chi connectivity index (χ1v) is 6.74. The van der Waals surface area contributed by atoms with Crippen LogP contribution < -0.4 is 5.32 Å². The first kappa shape index (κ1) is 13.4. The molecule has 4 heteroatoms. The molecule has 2 N–H and O–H groups in total. The Morgan fingerprint density at radius 2 is 1.89 bits per heavy atom. The summed E-state index contributed by atoms with van der Waals surface area (Å²) in [5.41, 5.74) is 1.96. The van der Waals surface area contributed by atoms with E-state index in [-0.39, 0.29) is 12.6 Å². The van der Waals surface area contributed by atoms with Crippen LogP contribution >= 0.6 is 27.5 Å². The zero-order valence-electron chi connectivity index (χ0n) is 9.61. The number of nitrogens with one attached hydrogen (secondary N) is 1. The molecule has 0 radical (unpaired) electrons. The summed E-state index contributed by atoms with van der Waals surface area (Å²) >= 11 is 9.27. The summed E-state index contributed by atoms with van der Waals surface area (Å²) in [6.07, 6.45) is 0. The van der Waals surface area contributed by atoms with Gasteiger partial charge in [-0.15, -0.1) is 0 Å². The van der Waals surface area contributed by atoms with Gasteiger partial charge in [-0.25, -0.2) is 0 Å². The molecule has 0 saturated heterocycles. The number of benzene rings is 2. The Balaban J connectivity index is 2.17. The van der Waals surface area contributed by atoms with Crippen molar-refractivity contribution in [3.05, 3.63) is 63.6 Å². The maximum atomic E-state index is 9.47. The van der Waals surface area contributed by atoms with Crippen LogP contribution in [0.1, 0.15) is 11.6 Å². The van der Waals surface area contributed by atoms with Gasteiger partial charge in [0.05, 0.1) is 12.6 Å². The van der Waals surface area contributed by atoms with E-state index in [1.54, 1.807) is 0 Å². The highest BCUT2D eigenvalue weighted by atomic mass is 79.9. The smallest absolute Gasteiger partial charge is 0.0745 e. The van der Waals surface area contributed by atoms with Crippen molar-refractivity contribution < 1.29 is 5.11 Å². The fourth-order valence-electron chi connectivity index (χ4n) is 1.71. The molecular formula is C14H13BrClNO. The molecule has 0 aliphatic heterocycles. The highest BCUT2D eigenvalue weighted by Crippen LogP contribution is 2.23. The second kappa shape index (κ2) is 6.23. The Hall–Kier alpha value is -1.03. The maximum absolute atomic E-state index is 9.47. The molecule has 94 valence electrons. The zero-order chi connectivity index (χ0) is 13.0. The predicted molar refractivity (Wildman–Crippen MR) is 79.0 cm³/mol. The molecule has 0 aliphatic rings. The highest BCUT2D eigenvalue weighted by molar-refractivity contribution is 9.10. The van der Waals surface area contributed by atoms with Gasteiger partial charge < -0.3 is 10.4 Å². The summed E-state index contributed by atoms with van der Waals surface area (Å²) in [5.74, 6) is 0. The Bertz CT molecular complexity index is 515. The molecule has 1 atom stereocenters. The first-order chi connectivity index (χ1) is 8.69. The first-order valence-electron chi connectivity index (χ1n) is 5.57. The molecule has 0 fully saturated rings. The SMILES string of the molecule is OCC(Nc1cccc(Br)c1)c1ccc(Cl)cc1. The summed E-state index contributed by atoms with van der Waals surface area (Å²) in [6, 6.07) is 15.2. The largest absolute Gasteiger partial charge is 0.394 e. The fraction of sp³-hybridized carbons (Fsp3) is 0.143. The molecule has 1 unspecified atom stereocenters. The second-order valence-corrected chi connectivity index (χ2v) is 5.29. The lowest BCUT2D eigenvalue weighted by Gasteiger charge is -2.18. The van der Waals surface area contributed by atoms with E-state index in [0.717, 1.165) is 15.7 Å². The fourth-order valence-corrected chi connectivity index (χ4v) is 2.23. The van der Waals surface area contributed by atoms with Crippen LogP contribution in [0.5, 0.6) is 0 Å². The van der Waals surface area contributed by atoms with Crippen molar-refractivity contribution in [2.45, 2.75) is 6.04 Å². The van der Waals surface area contributed by atoms with Crippen LogP contribution in [0.15, 0.2) is 53.0 Å². The van der Waals surface area contributed by atoms with Gasteiger partial charge >= 0.3 is 0 Å². The van der Waals surface area contributed by atoms with E-state index >= 15 is 0 Å². The third-order valence-corrected chi connectivity index (χ3v) is 3.37. The van der Waals surface area contributed by atoms with Gasteiger partial charge in [0.2, 0.25) is 0 Å². The van der Waals surface area contributed by atoms with Crippen LogP contribution in [0.25, 0.3) is 0 Å². The minimum Gasteiger partial charge on any atom is -0.394 e. The van der Waals surface area contributed by atoms with Gasteiger partial charge in [-0.1, -0.05) is 45.7 Å². The molecule has 0 amide bonds. The third-order valence-electron chi connectivity index (χ3n) is 2.62. The van der Waals surface area contributed by atoms with E-state index in [0.29, 0.717) is 5.02 Å². The van der Waals surface area contributed by atoms with E-state index in [2.05, 4.69) is 21.2 Å².